The van der Waals surface area contributed by atoms with Crippen molar-refractivity contribution < 1.29 is 4.74 Å². The molecule has 3 aliphatic heterocycles. The second-order valence-electron chi connectivity index (χ2n) is 7.20. The average Bonchev–Trinajstić information content (AvgIpc) is 3.43. The number of aryl methyl sites for hydroxylation is 1. The lowest BCUT2D eigenvalue weighted by Gasteiger charge is -2.26. The van der Waals surface area contributed by atoms with Crippen molar-refractivity contribution in [1.29, 1.82) is 0 Å². The summed E-state index contributed by atoms with van der Waals surface area (Å²) in [6, 6.07) is 8.16. The quantitative estimate of drug-likeness (QED) is 0.851. The number of aromatic nitrogens is 2. The van der Waals surface area contributed by atoms with Crippen molar-refractivity contribution in [2.75, 3.05) is 25.0 Å². The first-order valence-corrected chi connectivity index (χ1v) is 9.57. The second-order valence-corrected chi connectivity index (χ2v) is 7.20. The lowest BCUT2D eigenvalue weighted by Crippen LogP contribution is -2.37. The predicted molar refractivity (Wildman–Crippen MR) is 109 cm³/mol. The number of amidine groups is 2. The molecule has 0 aliphatic carbocycles. The molecule has 1 aromatic heterocycles. The number of nitrogens with zero attached hydrogens (tertiary/aromatic N) is 5. The van der Waals surface area contributed by atoms with Crippen molar-refractivity contribution in [1.82, 2.24) is 20.0 Å². The minimum Gasteiger partial charge on any atom is -0.489 e. The zero-order valence-corrected chi connectivity index (χ0v) is 15.7. The van der Waals surface area contributed by atoms with Crippen LogP contribution in [0.2, 0.25) is 0 Å². The van der Waals surface area contributed by atoms with E-state index in [0.29, 0.717) is 6.54 Å². The Hall–Kier alpha value is -3.13. The molecule has 28 heavy (non-hydrogen) atoms. The first-order valence-electron chi connectivity index (χ1n) is 9.57. The number of hydrogen-bond donors (Lipinski definition) is 2. The normalized spacial score (nSPS) is 23.4. The van der Waals surface area contributed by atoms with Gasteiger partial charge in [-0.3, -0.25) is 9.67 Å². The molecule has 144 valence electrons. The van der Waals surface area contributed by atoms with Crippen LogP contribution in [-0.2, 0) is 7.05 Å². The van der Waals surface area contributed by atoms with E-state index in [1.165, 1.54) is 0 Å². The summed E-state index contributed by atoms with van der Waals surface area (Å²) < 4.78 is 7.88. The topological polar surface area (TPSA) is 79.1 Å². The summed E-state index contributed by atoms with van der Waals surface area (Å²) >= 11 is 0. The molecule has 8 heteroatoms. The van der Waals surface area contributed by atoms with E-state index in [9.17, 15) is 0 Å². The fourth-order valence-corrected chi connectivity index (χ4v) is 3.77. The first kappa shape index (κ1) is 17.0. The summed E-state index contributed by atoms with van der Waals surface area (Å²) in [7, 11) is 1.93. The fraction of sp³-hybridized carbons (Fsp3) is 0.350. The fourth-order valence-electron chi connectivity index (χ4n) is 3.77. The van der Waals surface area contributed by atoms with Crippen LogP contribution >= 0.6 is 0 Å². The molecule has 0 radical (unpaired) electrons. The number of nitrogens with one attached hydrogen (secondary N) is 2. The highest BCUT2D eigenvalue weighted by molar-refractivity contribution is 6.45. The summed E-state index contributed by atoms with van der Waals surface area (Å²) in [4.78, 5) is 11.4. The third kappa shape index (κ3) is 3.27. The van der Waals surface area contributed by atoms with E-state index in [1.54, 1.807) is 6.20 Å². The van der Waals surface area contributed by atoms with E-state index >= 15 is 0 Å². The SMILES string of the molecule is Cn1cc(C2CN=C3C(Nc4cccc(OC5CCNC5)c4)=NC=CN32)cn1. The molecule has 1 aromatic carbocycles. The van der Waals surface area contributed by atoms with Crippen LogP contribution in [-0.4, -0.2) is 52.1 Å². The largest absolute Gasteiger partial charge is 0.489 e. The zero-order chi connectivity index (χ0) is 18.9. The van der Waals surface area contributed by atoms with Gasteiger partial charge in [0.1, 0.15) is 11.9 Å². The van der Waals surface area contributed by atoms with E-state index in [1.807, 2.05) is 54.6 Å². The predicted octanol–water partition coefficient (Wildman–Crippen LogP) is 1.91. The number of fused-ring (bicyclic) bond motifs is 1. The molecule has 2 unspecified atom stereocenters. The molecule has 0 bridgehead atoms. The maximum Gasteiger partial charge on any atom is 0.173 e. The molecule has 1 saturated heterocycles. The minimum absolute atomic E-state index is 0.150. The van der Waals surface area contributed by atoms with Crippen molar-refractivity contribution in [3.63, 3.8) is 0 Å². The van der Waals surface area contributed by atoms with Gasteiger partial charge in [0.15, 0.2) is 11.7 Å². The summed E-state index contributed by atoms with van der Waals surface area (Å²) in [5.41, 5.74) is 2.08. The third-order valence-electron chi connectivity index (χ3n) is 5.16. The maximum absolute atomic E-state index is 6.06. The molecular formula is C20H23N7O. The van der Waals surface area contributed by atoms with E-state index in [2.05, 4.69) is 25.6 Å². The van der Waals surface area contributed by atoms with Gasteiger partial charge in [-0.05, 0) is 25.1 Å². The molecule has 1 fully saturated rings. The van der Waals surface area contributed by atoms with E-state index < -0.39 is 0 Å². The van der Waals surface area contributed by atoms with Crippen molar-refractivity contribution in [3.05, 3.63) is 54.6 Å². The Kier molecular flexibility index (Phi) is 4.32. The van der Waals surface area contributed by atoms with Gasteiger partial charge in [-0.15, -0.1) is 0 Å². The third-order valence-corrected chi connectivity index (χ3v) is 5.16. The summed E-state index contributed by atoms with van der Waals surface area (Å²) in [6.45, 7) is 2.60. The molecule has 2 N–H and O–H groups in total. The first-order chi connectivity index (χ1) is 13.8. The number of ether oxygens (including phenoxy) is 1. The lowest BCUT2D eigenvalue weighted by atomic mass is 10.1. The van der Waals surface area contributed by atoms with E-state index in [4.69, 9.17) is 9.73 Å². The molecule has 5 rings (SSSR count). The Labute approximate surface area is 163 Å². The van der Waals surface area contributed by atoms with Crippen LogP contribution in [0.4, 0.5) is 5.69 Å². The standard InChI is InChI=1S/C20H23N7O/c1-26-13-14(10-24-26)18-12-23-20-19(22-7-8-27(18)20)25-15-3-2-4-16(9-15)28-17-5-6-21-11-17/h2-4,7-10,13,17-18,21H,5-6,11-12H2,1H3,(H,22,25). The molecular weight excluding hydrogens is 354 g/mol. The van der Waals surface area contributed by atoms with Crippen LogP contribution in [0.1, 0.15) is 18.0 Å². The number of rotatable bonds is 4. The zero-order valence-electron chi connectivity index (χ0n) is 15.7. The smallest absolute Gasteiger partial charge is 0.173 e. The van der Waals surface area contributed by atoms with Gasteiger partial charge in [0.25, 0.3) is 0 Å². The van der Waals surface area contributed by atoms with Gasteiger partial charge in [-0.1, -0.05) is 6.07 Å². The maximum atomic E-state index is 6.06. The number of aliphatic imine (C=N–C) groups is 2. The molecule has 0 saturated carbocycles. The van der Waals surface area contributed by atoms with Crippen molar-refractivity contribution in [3.8, 4) is 5.75 Å². The Morgan fingerprint density at radius 3 is 3.11 bits per heavy atom. The van der Waals surface area contributed by atoms with Crippen LogP contribution in [0, 0.1) is 0 Å². The summed E-state index contributed by atoms with van der Waals surface area (Å²) in [6.07, 6.45) is 8.99. The highest BCUT2D eigenvalue weighted by Gasteiger charge is 2.32. The number of hydrogen-bond acceptors (Lipinski definition) is 7. The molecule has 2 aromatic rings. The van der Waals surface area contributed by atoms with Crippen LogP contribution in [0.15, 0.2) is 59.0 Å². The van der Waals surface area contributed by atoms with Gasteiger partial charge < -0.3 is 20.3 Å². The van der Waals surface area contributed by atoms with Crippen LogP contribution in [0.3, 0.4) is 0 Å². The number of anilines is 1. The monoisotopic (exact) mass is 377 g/mol. The molecule has 0 amide bonds. The molecule has 0 spiro atoms. The van der Waals surface area contributed by atoms with Gasteiger partial charge >= 0.3 is 0 Å². The second kappa shape index (κ2) is 7.12. The van der Waals surface area contributed by atoms with Crippen molar-refractivity contribution in [2.45, 2.75) is 18.6 Å². The average molecular weight is 377 g/mol. The molecule has 4 heterocycles. The number of benzene rings is 1. The highest BCUT2D eigenvalue weighted by Crippen LogP contribution is 2.29. The van der Waals surface area contributed by atoms with Crippen molar-refractivity contribution in [2.24, 2.45) is 17.0 Å². The van der Waals surface area contributed by atoms with Crippen molar-refractivity contribution >= 4 is 17.4 Å². The Balaban J connectivity index is 1.31. The van der Waals surface area contributed by atoms with Crippen LogP contribution in [0.5, 0.6) is 5.75 Å². The molecule has 2 atom stereocenters. The van der Waals surface area contributed by atoms with Crippen LogP contribution < -0.4 is 15.4 Å². The van der Waals surface area contributed by atoms with Gasteiger partial charge in [0.2, 0.25) is 0 Å². The molecule has 3 aliphatic rings. The summed E-state index contributed by atoms with van der Waals surface area (Å²) in [5.74, 6) is 2.46. The van der Waals surface area contributed by atoms with Gasteiger partial charge in [0.05, 0.1) is 18.8 Å². The van der Waals surface area contributed by atoms with Gasteiger partial charge in [0, 0.05) is 49.5 Å². The molecule has 8 nitrogen and oxygen atoms in total. The van der Waals surface area contributed by atoms with E-state index in [-0.39, 0.29) is 12.1 Å². The van der Waals surface area contributed by atoms with Gasteiger partial charge in [-0.25, -0.2) is 4.99 Å². The Bertz CT molecular complexity index is 955. The van der Waals surface area contributed by atoms with E-state index in [0.717, 1.165) is 48.2 Å². The Morgan fingerprint density at radius 1 is 1.32 bits per heavy atom. The Morgan fingerprint density at radius 2 is 2.29 bits per heavy atom. The highest BCUT2D eigenvalue weighted by atomic mass is 16.5. The minimum atomic E-state index is 0.150. The van der Waals surface area contributed by atoms with Gasteiger partial charge in [-0.2, -0.15) is 5.10 Å². The lowest BCUT2D eigenvalue weighted by molar-refractivity contribution is 0.223. The summed E-state index contributed by atoms with van der Waals surface area (Å²) in [5, 5.41) is 11.0. The van der Waals surface area contributed by atoms with Crippen LogP contribution in [0.25, 0.3) is 0 Å².